The number of hydrogen-bond acceptors (Lipinski definition) is 4. The Bertz CT molecular complexity index is 674. The van der Waals surface area contributed by atoms with Crippen molar-refractivity contribution >= 4 is 12.0 Å². The molecule has 2 aromatic rings. The zero-order chi connectivity index (χ0) is 14.7. The molecule has 0 unspecified atom stereocenters. The monoisotopic (exact) mass is 273 g/mol. The molecule has 6 heteroatoms. The molecule has 6 nitrogen and oxygen atoms in total. The third-order valence-electron chi connectivity index (χ3n) is 2.77. The first-order valence-electron chi connectivity index (χ1n) is 6.03. The lowest BCUT2D eigenvalue weighted by atomic mass is 10.2. The molecule has 0 fully saturated rings. The molecule has 1 N–H and O–H groups in total. The average Bonchev–Trinajstić information content (AvgIpc) is 2.64. The van der Waals surface area contributed by atoms with Crippen LogP contribution in [0.15, 0.2) is 24.4 Å². The third kappa shape index (κ3) is 2.85. The summed E-state index contributed by atoms with van der Waals surface area (Å²) >= 11 is 0. The van der Waals surface area contributed by atoms with Gasteiger partial charge in [-0.05, 0) is 32.1 Å². The van der Waals surface area contributed by atoms with Gasteiger partial charge in [0.05, 0.1) is 17.0 Å². The summed E-state index contributed by atoms with van der Waals surface area (Å²) in [5.41, 5.74) is 2.08. The van der Waals surface area contributed by atoms with Gasteiger partial charge in [0.2, 0.25) is 5.88 Å². The van der Waals surface area contributed by atoms with E-state index in [1.165, 1.54) is 6.08 Å². The zero-order valence-electron chi connectivity index (χ0n) is 11.5. The molecule has 0 aliphatic heterocycles. The molecule has 0 aliphatic carbocycles. The van der Waals surface area contributed by atoms with Gasteiger partial charge in [-0.1, -0.05) is 0 Å². The van der Waals surface area contributed by atoms with Crippen LogP contribution in [0.25, 0.3) is 6.08 Å². The molecule has 0 atom stereocenters. The number of aromatic nitrogens is 3. The number of carbonyl (C=O) groups is 1. The predicted octanol–water partition coefficient (Wildman–Crippen LogP) is 2.32. The van der Waals surface area contributed by atoms with Crippen molar-refractivity contribution in [2.75, 3.05) is 0 Å². The molecule has 0 radical (unpaired) electrons. The minimum Gasteiger partial charge on any atom is -0.478 e. The minimum absolute atomic E-state index is 0.483. The number of pyridine rings is 1. The molecule has 0 bridgehead atoms. The summed E-state index contributed by atoms with van der Waals surface area (Å²) < 4.78 is 7.39. The highest BCUT2D eigenvalue weighted by atomic mass is 16.5. The molecule has 0 saturated carbocycles. The maximum Gasteiger partial charge on any atom is 0.328 e. The van der Waals surface area contributed by atoms with Gasteiger partial charge in [0.15, 0.2) is 5.75 Å². The van der Waals surface area contributed by atoms with Crippen LogP contribution in [0.4, 0.5) is 0 Å². The highest BCUT2D eigenvalue weighted by Gasteiger charge is 2.14. The molecule has 104 valence electrons. The van der Waals surface area contributed by atoms with Gasteiger partial charge >= 0.3 is 5.97 Å². The van der Waals surface area contributed by atoms with Crippen LogP contribution in [0.3, 0.4) is 0 Å². The van der Waals surface area contributed by atoms with Crippen molar-refractivity contribution in [1.82, 2.24) is 14.8 Å². The van der Waals surface area contributed by atoms with Gasteiger partial charge < -0.3 is 9.84 Å². The number of nitrogens with zero attached hydrogens (tertiary/aromatic N) is 3. The number of aliphatic carboxylic acids is 1. The summed E-state index contributed by atoms with van der Waals surface area (Å²) in [5, 5.41) is 13.0. The zero-order valence-corrected chi connectivity index (χ0v) is 11.5. The maximum absolute atomic E-state index is 10.6. The van der Waals surface area contributed by atoms with Crippen LogP contribution < -0.4 is 4.74 Å². The van der Waals surface area contributed by atoms with Crippen LogP contribution in [0, 0.1) is 13.8 Å². The van der Waals surface area contributed by atoms with Crippen LogP contribution in [0.1, 0.15) is 17.0 Å². The average molecular weight is 273 g/mol. The molecule has 2 rings (SSSR count). The lowest BCUT2D eigenvalue weighted by molar-refractivity contribution is -0.131. The molecular weight excluding hydrogens is 258 g/mol. The van der Waals surface area contributed by atoms with E-state index in [9.17, 15) is 4.79 Å². The Kier molecular flexibility index (Phi) is 3.84. The van der Waals surface area contributed by atoms with E-state index in [-0.39, 0.29) is 0 Å². The van der Waals surface area contributed by atoms with Crippen molar-refractivity contribution in [2.24, 2.45) is 7.05 Å². The summed E-state index contributed by atoms with van der Waals surface area (Å²) in [6.07, 6.45) is 4.22. The van der Waals surface area contributed by atoms with Crippen molar-refractivity contribution in [3.05, 3.63) is 41.4 Å². The molecule has 2 aromatic heterocycles. The quantitative estimate of drug-likeness (QED) is 0.865. The number of rotatable bonds is 4. The van der Waals surface area contributed by atoms with E-state index in [2.05, 4.69) is 10.1 Å². The highest BCUT2D eigenvalue weighted by molar-refractivity contribution is 5.86. The normalized spacial score (nSPS) is 10.9. The Labute approximate surface area is 116 Å². The van der Waals surface area contributed by atoms with E-state index in [1.54, 1.807) is 37.0 Å². The number of aryl methyl sites for hydroxylation is 3. The van der Waals surface area contributed by atoms with Crippen molar-refractivity contribution in [3.8, 4) is 11.6 Å². The largest absolute Gasteiger partial charge is 0.478 e. The number of carboxylic acids is 1. The Balaban J connectivity index is 2.41. The van der Waals surface area contributed by atoms with Crippen molar-refractivity contribution in [1.29, 1.82) is 0 Å². The van der Waals surface area contributed by atoms with E-state index >= 15 is 0 Å². The third-order valence-corrected chi connectivity index (χ3v) is 2.77. The summed E-state index contributed by atoms with van der Waals surface area (Å²) in [7, 11) is 1.74. The van der Waals surface area contributed by atoms with Crippen LogP contribution >= 0.6 is 0 Å². The smallest absolute Gasteiger partial charge is 0.328 e. The van der Waals surface area contributed by atoms with E-state index in [1.807, 2.05) is 6.92 Å². The molecule has 0 aliphatic rings. The van der Waals surface area contributed by atoms with Crippen molar-refractivity contribution < 1.29 is 14.6 Å². The minimum atomic E-state index is -1.02. The topological polar surface area (TPSA) is 77.2 Å². The fraction of sp³-hybridized carbons (Fsp3) is 0.214. The summed E-state index contributed by atoms with van der Waals surface area (Å²) in [5.74, 6) is 0.0772. The fourth-order valence-corrected chi connectivity index (χ4v) is 1.80. The summed E-state index contributed by atoms with van der Waals surface area (Å²) in [6, 6.07) is 3.58. The first-order valence-corrected chi connectivity index (χ1v) is 6.03. The number of ether oxygens (including phenoxy) is 1. The van der Waals surface area contributed by atoms with E-state index in [0.29, 0.717) is 22.9 Å². The van der Waals surface area contributed by atoms with Gasteiger partial charge in [-0.2, -0.15) is 5.10 Å². The van der Waals surface area contributed by atoms with Crippen LogP contribution in [-0.2, 0) is 11.8 Å². The first-order chi connectivity index (χ1) is 9.49. The van der Waals surface area contributed by atoms with Gasteiger partial charge in [0, 0.05) is 19.3 Å². The van der Waals surface area contributed by atoms with Gasteiger partial charge in [0.1, 0.15) is 0 Å². The Morgan fingerprint density at radius 3 is 2.80 bits per heavy atom. The standard InChI is InChI=1S/C14H15N3O3/c1-9-11(6-7-13(18)19)14(17(3)16-9)20-12-5-4-8-15-10(12)2/h4-8H,1-3H3,(H,18,19)/b7-6+. The van der Waals surface area contributed by atoms with Crippen LogP contribution in [0.5, 0.6) is 11.6 Å². The second-order valence-electron chi connectivity index (χ2n) is 4.29. The SMILES string of the molecule is Cc1ncccc1Oc1c(/C=C/C(=O)O)c(C)nn1C. The van der Waals surface area contributed by atoms with Crippen LogP contribution in [-0.4, -0.2) is 25.8 Å². The van der Waals surface area contributed by atoms with Crippen LogP contribution in [0.2, 0.25) is 0 Å². The molecule has 0 amide bonds. The molecular formula is C14H15N3O3. The Morgan fingerprint density at radius 1 is 1.40 bits per heavy atom. The molecule has 0 saturated heterocycles. The lowest BCUT2D eigenvalue weighted by Crippen LogP contribution is -1.98. The second-order valence-corrected chi connectivity index (χ2v) is 4.29. The van der Waals surface area contributed by atoms with E-state index < -0.39 is 5.97 Å². The first kappa shape index (κ1) is 13.8. The van der Waals surface area contributed by atoms with Gasteiger partial charge in [0.25, 0.3) is 0 Å². The van der Waals surface area contributed by atoms with E-state index in [4.69, 9.17) is 9.84 Å². The van der Waals surface area contributed by atoms with Gasteiger partial charge in [-0.25, -0.2) is 9.48 Å². The Morgan fingerprint density at radius 2 is 2.15 bits per heavy atom. The summed E-state index contributed by atoms with van der Waals surface area (Å²) in [4.78, 5) is 14.8. The van der Waals surface area contributed by atoms with Crippen molar-refractivity contribution in [2.45, 2.75) is 13.8 Å². The molecule has 20 heavy (non-hydrogen) atoms. The number of hydrogen-bond donors (Lipinski definition) is 1. The number of carboxylic acid groups (broad SMARTS) is 1. The Hall–Kier alpha value is -2.63. The molecule has 0 aromatic carbocycles. The molecule has 0 spiro atoms. The van der Waals surface area contributed by atoms with Gasteiger partial charge in [-0.15, -0.1) is 0 Å². The fourth-order valence-electron chi connectivity index (χ4n) is 1.80. The highest BCUT2D eigenvalue weighted by Crippen LogP contribution is 2.29. The van der Waals surface area contributed by atoms with E-state index in [0.717, 1.165) is 11.8 Å². The van der Waals surface area contributed by atoms with Gasteiger partial charge in [-0.3, -0.25) is 4.98 Å². The predicted molar refractivity (Wildman–Crippen MR) is 73.7 cm³/mol. The van der Waals surface area contributed by atoms with Crippen molar-refractivity contribution in [3.63, 3.8) is 0 Å². The molecule has 2 heterocycles. The second kappa shape index (κ2) is 5.56. The maximum atomic E-state index is 10.6. The summed E-state index contributed by atoms with van der Waals surface area (Å²) in [6.45, 7) is 3.63. The lowest BCUT2D eigenvalue weighted by Gasteiger charge is -2.08.